The van der Waals surface area contributed by atoms with Crippen LogP contribution in [0.25, 0.3) is 0 Å². The number of amides is 1. The number of alkyl carbamates (subject to hydrolysis) is 1. The van der Waals surface area contributed by atoms with E-state index in [0.717, 1.165) is 25.2 Å². The number of benzene rings is 1. The van der Waals surface area contributed by atoms with Gasteiger partial charge in [-0.15, -0.1) is 0 Å². The molecule has 1 unspecified atom stereocenters. The standard InChI is InChI=1S/C18H29N3O3/c1-18(2,3)20-17(22)24-13-16(21-8-10-23-11-9-21)12-14-4-6-15(19)7-5-14/h4-7,16H,8-13,19H2,1-3H3,(H,20,22). The summed E-state index contributed by atoms with van der Waals surface area (Å²) in [5.74, 6) is 0. The average molecular weight is 335 g/mol. The molecular formula is C18H29N3O3. The Morgan fingerprint density at radius 1 is 1.29 bits per heavy atom. The lowest BCUT2D eigenvalue weighted by atomic mass is 10.0. The predicted molar refractivity (Wildman–Crippen MR) is 95.0 cm³/mol. The maximum Gasteiger partial charge on any atom is 0.407 e. The maximum atomic E-state index is 11.9. The van der Waals surface area contributed by atoms with Crippen molar-refractivity contribution in [1.29, 1.82) is 0 Å². The summed E-state index contributed by atoms with van der Waals surface area (Å²) < 4.78 is 10.9. The van der Waals surface area contributed by atoms with E-state index in [1.54, 1.807) is 0 Å². The van der Waals surface area contributed by atoms with Crippen LogP contribution < -0.4 is 11.1 Å². The molecule has 1 aliphatic rings. The van der Waals surface area contributed by atoms with Crippen molar-refractivity contribution < 1.29 is 14.3 Å². The first-order valence-corrected chi connectivity index (χ1v) is 8.45. The molecule has 0 bridgehead atoms. The van der Waals surface area contributed by atoms with Crippen molar-refractivity contribution in [2.45, 2.75) is 38.8 Å². The minimum atomic E-state index is -0.377. The second-order valence-electron chi connectivity index (χ2n) is 7.22. The Morgan fingerprint density at radius 2 is 1.92 bits per heavy atom. The zero-order valence-electron chi connectivity index (χ0n) is 14.9. The van der Waals surface area contributed by atoms with Crippen LogP contribution in [-0.2, 0) is 15.9 Å². The van der Waals surface area contributed by atoms with Crippen molar-refractivity contribution in [1.82, 2.24) is 10.2 Å². The van der Waals surface area contributed by atoms with Gasteiger partial charge in [0.05, 0.1) is 13.2 Å². The van der Waals surface area contributed by atoms with Crippen LogP contribution in [0, 0.1) is 0 Å². The minimum Gasteiger partial charge on any atom is -0.448 e. The van der Waals surface area contributed by atoms with E-state index in [9.17, 15) is 4.79 Å². The molecule has 1 amide bonds. The molecule has 2 rings (SSSR count). The number of rotatable bonds is 5. The first-order valence-electron chi connectivity index (χ1n) is 8.45. The number of nitrogens with two attached hydrogens (primary N) is 1. The molecule has 0 saturated carbocycles. The van der Waals surface area contributed by atoms with Crippen molar-refractivity contribution in [2.75, 3.05) is 38.6 Å². The highest BCUT2D eigenvalue weighted by Crippen LogP contribution is 2.14. The lowest BCUT2D eigenvalue weighted by Crippen LogP contribution is -2.48. The monoisotopic (exact) mass is 335 g/mol. The largest absolute Gasteiger partial charge is 0.448 e. The highest BCUT2D eigenvalue weighted by atomic mass is 16.5. The Labute approximate surface area is 144 Å². The van der Waals surface area contributed by atoms with Crippen molar-refractivity contribution in [3.05, 3.63) is 29.8 Å². The fourth-order valence-electron chi connectivity index (χ4n) is 2.68. The average Bonchev–Trinajstić information content (AvgIpc) is 2.52. The summed E-state index contributed by atoms with van der Waals surface area (Å²) in [6, 6.07) is 7.98. The van der Waals surface area contributed by atoms with Crippen molar-refractivity contribution in [3.63, 3.8) is 0 Å². The van der Waals surface area contributed by atoms with Crippen LogP contribution in [0.5, 0.6) is 0 Å². The number of morpholine rings is 1. The van der Waals surface area contributed by atoms with Gasteiger partial charge >= 0.3 is 6.09 Å². The minimum absolute atomic E-state index is 0.128. The Balaban J connectivity index is 1.97. The molecule has 134 valence electrons. The van der Waals surface area contributed by atoms with Gasteiger partial charge in [0.2, 0.25) is 0 Å². The second-order valence-corrected chi connectivity index (χ2v) is 7.22. The summed E-state index contributed by atoms with van der Waals surface area (Å²) in [5.41, 5.74) is 7.38. The van der Waals surface area contributed by atoms with E-state index in [-0.39, 0.29) is 17.7 Å². The Morgan fingerprint density at radius 3 is 2.50 bits per heavy atom. The van der Waals surface area contributed by atoms with Crippen LogP contribution in [0.2, 0.25) is 0 Å². The number of carbonyl (C=O) groups is 1. The van der Waals surface area contributed by atoms with E-state index in [1.807, 2.05) is 45.0 Å². The molecule has 1 aromatic rings. The number of anilines is 1. The van der Waals surface area contributed by atoms with Gasteiger partial charge in [-0.1, -0.05) is 12.1 Å². The number of hydrogen-bond donors (Lipinski definition) is 2. The summed E-state index contributed by atoms with van der Waals surface area (Å²) in [6.07, 6.45) is 0.432. The summed E-state index contributed by atoms with van der Waals surface area (Å²) in [5, 5.41) is 2.83. The van der Waals surface area contributed by atoms with Crippen LogP contribution >= 0.6 is 0 Å². The van der Waals surface area contributed by atoms with Gasteiger partial charge in [0.25, 0.3) is 0 Å². The van der Waals surface area contributed by atoms with Gasteiger partial charge in [0.1, 0.15) is 6.61 Å². The van der Waals surface area contributed by atoms with E-state index >= 15 is 0 Å². The Hall–Kier alpha value is -1.79. The fourth-order valence-corrected chi connectivity index (χ4v) is 2.68. The predicted octanol–water partition coefficient (Wildman–Crippen LogP) is 2.04. The number of ether oxygens (including phenoxy) is 2. The van der Waals surface area contributed by atoms with E-state index < -0.39 is 0 Å². The highest BCUT2D eigenvalue weighted by molar-refractivity contribution is 5.68. The van der Waals surface area contributed by atoms with Crippen molar-refractivity contribution in [2.24, 2.45) is 0 Å². The molecule has 1 atom stereocenters. The van der Waals surface area contributed by atoms with Gasteiger partial charge in [-0.2, -0.15) is 0 Å². The third kappa shape index (κ3) is 6.37. The topological polar surface area (TPSA) is 76.8 Å². The van der Waals surface area contributed by atoms with Crippen LogP contribution in [-0.4, -0.2) is 55.5 Å². The van der Waals surface area contributed by atoms with E-state index in [1.165, 1.54) is 5.56 Å². The number of nitrogens with zero attached hydrogens (tertiary/aromatic N) is 1. The molecule has 3 N–H and O–H groups in total. The zero-order valence-corrected chi connectivity index (χ0v) is 14.9. The lowest BCUT2D eigenvalue weighted by molar-refractivity contribution is -0.000105. The quantitative estimate of drug-likeness (QED) is 0.805. The van der Waals surface area contributed by atoms with Gasteiger partial charge < -0.3 is 20.5 Å². The number of hydrogen-bond acceptors (Lipinski definition) is 5. The smallest absolute Gasteiger partial charge is 0.407 e. The number of nitrogens with one attached hydrogen (secondary N) is 1. The van der Waals surface area contributed by atoms with E-state index in [2.05, 4.69) is 10.2 Å². The first kappa shape index (κ1) is 18.5. The van der Waals surface area contributed by atoms with E-state index in [4.69, 9.17) is 15.2 Å². The highest BCUT2D eigenvalue weighted by Gasteiger charge is 2.24. The maximum absolute atomic E-state index is 11.9. The molecule has 1 heterocycles. The Kier molecular flexibility index (Phi) is 6.45. The molecule has 1 saturated heterocycles. The molecule has 0 spiro atoms. The lowest BCUT2D eigenvalue weighted by Gasteiger charge is -2.34. The molecule has 6 heteroatoms. The van der Waals surface area contributed by atoms with Crippen LogP contribution in [0.15, 0.2) is 24.3 Å². The van der Waals surface area contributed by atoms with Gasteiger partial charge in [-0.05, 0) is 44.9 Å². The summed E-state index contributed by atoms with van der Waals surface area (Å²) in [6.45, 7) is 9.28. The van der Waals surface area contributed by atoms with E-state index in [0.29, 0.717) is 19.8 Å². The second kappa shape index (κ2) is 8.35. The SMILES string of the molecule is CC(C)(C)NC(=O)OCC(Cc1ccc(N)cc1)N1CCOCC1. The van der Waals surface area contributed by atoms with Gasteiger partial charge in [0, 0.05) is 30.4 Å². The molecule has 1 fully saturated rings. The third-order valence-electron chi connectivity index (χ3n) is 3.90. The van der Waals surface area contributed by atoms with Gasteiger partial charge in [0.15, 0.2) is 0 Å². The fraction of sp³-hybridized carbons (Fsp3) is 0.611. The summed E-state index contributed by atoms with van der Waals surface area (Å²) in [7, 11) is 0. The first-order chi connectivity index (χ1) is 11.3. The Bertz CT molecular complexity index is 519. The van der Waals surface area contributed by atoms with Crippen LogP contribution in [0.4, 0.5) is 10.5 Å². The summed E-state index contributed by atoms with van der Waals surface area (Å²) >= 11 is 0. The molecule has 1 aliphatic heterocycles. The molecule has 0 aromatic heterocycles. The number of nitrogen functional groups attached to an aromatic ring is 1. The molecule has 0 radical (unpaired) electrons. The normalized spacial score (nSPS) is 17.3. The molecule has 0 aliphatic carbocycles. The third-order valence-corrected chi connectivity index (χ3v) is 3.90. The van der Waals surface area contributed by atoms with Gasteiger partial charge in [-0.25, -0.2) is 4.79 Å². The van der Waals surface area contributed by atoms with Gasteiger partial charge in [-0.3, -0.25) is 4.90 Å². The van der Waals surface area contributed by atoms with Crippen LogP contribution in [0.3, 0.4) is 0 Å². The molecule has 24 heavy (non-hydrogen) atoms. The van der Waals surface area contributed by atoms with Crippen molar-refractivity contribution in [3.8, 4) is 0 Å². The van der Waals surface area contributed by atoms with Crippen molar-refractivity contribution >= 4 is 11.8 Å². The number of carbonyl (C=O) groups excluding carboxylic acids is 1. The summed E-state index contributed by atoms with van der Waals surface area (Å²) in [4.78, 5) is 14.3. The molecular weight excluding hydrogens is 306 g/mol. The zero-order chi connectivity index (χ0) is 17.6. The molecule has 1 aromatic carbocycles. The molecule has 6 nitrogen and oxygen atoms in total. The van der Waals surface area contributed by atoms with Crippen LogP contribution in [0.1, 0.15) is 26.3 Å².